The first-order valence-corrected chi connectivity index (χ1v) is 4.57. The molecule has 0 bridgehead atoms. The number of hydrogen-bond acceptors (Lipinski definition) is 5. The zero-order valence-electron chi connectivity index (χ0n) is 8.47. The smallest absolute Gasteiger partial charge is 0.251 e. The molecule has 0 radical (unpaired) electrons. The molecule has 6 heteroatoms. The molecule has 0 saturated carbocycles. The maximum atomic E-state index is 11.9. The van der Waals surface area contributed by atoms with Gasteiger partial charge in [-0.25, -0.2) is 14.6 Å². The first-order chi connectivity index (χ1) is 7.22. The summed E-state index contributed by atoms with van der Waals surface area (Å²) in [6, 6.07) is 0. The van der Waals surface area contributed by atoms with Gasteiger partial charge in [0.2, 0.25) is 5.82 Å². The second kappa shape index (κ2) is 3.64. The number of rotatable bonds is 3. The third kappa shape index (κ3) is 1.65. The van der Waals surface area contributed by atoms with Crippen LogP contribution in [0.3, 0.4) is 0 Å². The molecule has 2 aromatic heterocycles. The molecule has 0 saturated heterocycles. The van der Waals surface area contributed by atoms with E-state index in [2.05, 4.69) is 15.1 Å². The molecule has 0 amide bonds. The van der Waals surface area contributed by atoms with E-state index in [0.717, 1.165) is 0 Å². The lowest BCUT2D eigenvalue weighted by molar-refractivity contribution is 0.101. The van der Waals surface area contributed by atoms with Crippen molar-refractivity contribution < 1.29 is 9.21 Å². The number of oxazole rings is 1. The number of aromatic nitrogens is 4. The van der Waals surface area contributed by atoms with Gasteiger partial charge in [0.1, 0.15) is 12.6 Å². The van der Waals surface area contributed by atoms with Gasteiger partial charge >= 0.3 is 0 Å². The van der Waals surface area contributed by atoms with Crippen LogP contribution < -0.4 is 0 Å². The minimum Gasteiger partial charge on any atom is -0.449 e. The molecular weight excluding hydrogens is 196 g/mol. The quantitative estimate of drug-likeness (QED) is 0.695. The summed E-state index contributed by atoms with van der Waals surface area (Å²) in [6.45, 7) is 4.17. The first-order valence-electron chi connectivity index (χ1n) is 4.57. The Labute approximate surface area is 86.0 Å². The van der Waals surface area contributed by atoms with Crippen LogP contribution in [0.2, 0.25) is 0 Å². The molecule has 0 aromatic carbocycles. The molecule has 0 atom stereocenters. The van der Waals surface area contributed by atoms with Gasteiger partial charge in [0.25, 0.3) is 5.78 Å². The lowest BCUT2D eigenvalue weighted by Crippen LogP contribution is -2.12. The van der Waals surface area contributed by atoms with E-state index in [0.29, 0.717) is 12.4 Å². The van der Waals surface area contributed by atoms with Crippen molar-refractivity contribution in [3.05, 3.63) is 30.0 Å². The van der Waals surface area contributed by atoms with Crippen molar-refractivity contribution in [2.24, 2.45) is 0 Å². The van der Waals surface area contributed by atoms with Gasteiger partial charge in [-0.3, -0.25) is 4.79 Å². The molecule has 0 aliphatic rings. The Hall–Kier alpha value is -1.98. The van der Waals surface area contributed by atoms with Gasteiger partial charge in [0.15, 0.2) is 11.6 Å². The number of aryl methyl sites for hydroxylation is 2. The molecule has 0 spiro atoms. The Morgan fingerprint density at radius 2 is 2.40 bits per heavy atom. The Morgan fingerprint density at radius 3 is 3.00 bits per heavy atom. The number of ketones is 1. The summed E-state index contributed by atoms with van der Waals surface area (Å²) in [7, 11) is 0. The van der Waals surface area contributed by atoms with Crippen molar-refractivity contribution in [3.63, 3.8) is 0 Å². The highest BCUT2D eigenvalue weighted by atomic mass is 16.3. The van der Waals surface area contributed by atoms with Crippen LogP contribution in [0.25, 0.3) is 0 Å². The average molecular weight is 206 g/mol. The summed E-state index contributed by atoms with van der Waals surface area (Å²) in [4.78, 5) is 19.7. The van der Waals surface area contributed by atoms with Crippen molar-refractivity contribution >= 4 is 5.78 Å². The fraction of sp³-hybridized carbons (Fsp3) is 0.333. The van der Waals surface area contributed by atoms with Crippen molar-refractivity contribution in [1.29, 1.82) is 0 Å². The van der Waals surface area contributed by atoms with E-state index in [4.69, 9.17) is 4.42 Å². The Bertz CT molecular complexity index is 486. The summed E-state index contributed by atoms with van der Waals surface area (Å²) < 4.78 is 6.49. The van der Waals surface area contributed by atoms with E-state index in [1.54, 1.807) is 6.92 Å². The number of nitrogens with zero attached hydrogens (tertiary/aromatic N) is 4. The van der Waals surface area contributed by atoms with Gasteiger partial charge in [-0.1, -0.05) is 0 Å². The second-order valence-electron chi connectivity index (χ2n) is 2.98. The van der Waals surface area contributed by atoms with Crippen LogP contribution in [0, 0.1) is 6.92 Å². The highest BCUT2D eigenvalue weighted by Gasteiger charge is 2.18. The minimum absolute atomic E-state index is 0.259. The van der Waals surface area contributed by atoms with Crippen molar-refractivity contribution in [1.82, 2.24) is 19.7 Å². The number of carbonyl (C=O) groups excluding carboxylic acids is 1. The molecule has 2 rings (SSSR count). The molecule has 0 aliphatic heterocycles. The topological polar surface area (TPSA) is 73.8 Å². The second-order valence-corrected chi connectivity index (χ2v) is 2.98. The van der Waals surface area contributed by atoms with Crippen LogP contribution in [0.5, 0.6) is 0 Å². The summed E-state index contributed by atoms with van der Waals surface area (Å²) in [5, 5.41) is 3.91. The van der Waals surface area contributed by atoms with Gasteiger partial charge in [-0.15, -0.1) is 0 Å². The van der Waals surface area contributed by atoms with Gasteiger partial charge in [0.05, 0.1) is 0 Å². The molecule has 78 valence electrons. The predicted octanol–water partition coefficient (Wildman–Crippen LogP) is 0.825. The van der Waals surface area contributed by atoms with Crippen molar-refractivity contribution in [3.8, 4) is 0 Å². The minimum atomic E-state index is -0.272. The Morgan fingerprint density at radius 1 is 1.60 bits per heavy atom. The van der Waals surface area contributed by atoms with Gasteiger partial charge in [0, 0.05) is 13.5 Å². The standard InChI is InChI=1S/C9H10N4O2/c1-3-13-9(10-5-11-13)8(14)7-4-15-6(2)12-7/h4-5H,3H2,1-2H3. The van der Waals surface area contributed by atoms with E-state index in [1.807, 2.05) is 6.92 Å². The monoisotopic (exact) mass is 206 g/mol. The lowest BCUT2D eigenvalue weighted by Gasteiger charge is -1.98. The fourth-order valence-corrected chi connectivity index (χ4v) is 1.25. The first kappa shape index (κ1) is 9.57. The maximum absolute atomic E-state index is 11.9. The van der Waals surface area contributed by atoms with Crippen LogP contribution >= 0.6 is 0 Å². The number of hydrogen-bond donors (Lipinski definition) is 0. The molecular formula is C9H10N4O2. The molecule has 2 aromatic rings. The van der Waals surface area contributed by atoms with Crippen LogP contribution in [-0.2, 0) is 6.54 Å². The fourth-order valence-electron chi connectivity index (χ4n) is 1.25. The summed E-state index contributed by atoms with van der Waals surface area (Å²) >= 11 is 0. The van der Waals surface area contributed by atoms with Crippen LogP contribution in [0.4, 0.5) is 0 Å². The highest BCUT2D eigenvalue weighted by Crippen LogP contribution is 2.06. The van der Waals surface area contributed by atoms with Crippen LogP contribution in [0.1, 0.15) is 29.1 Å². The molecule has 0 unspecified atom stereocenters. The van der Waals surface area contributed by atoms with Gasteiger partial charge in [-0.2, -0.15) is 5.10 Å². The third-order valence-electron chi connectivity index (χ3n) is 1.97. The molecule has 0 aliphatic carbocycles. The predicted molar refractivity (Wildman–Crippen MR) is 50.4 cm³/mol. The van der Waals surface area contributed by atoms with E-state index < -0.39 is 0 Å². The molecule has 2 heterocycles. The largest absolute Gasteiger partial charge is 0.449 e. The summed E-state index contributed by atoms with van der Waals surface area (Å²) in [5.74, 6) is 0.470. The van der Waals surface area contributed by atoms with Gasteiger partial charge in [-0.05, 0) is 6.92 Å². The van der Waals surface area contributed by atoms with E-state index in [-0.39, 0.29) is 17.3 Å². The zero-order chi connectivity index (χ0) is 10.8. The average Bonchev–Trinajstić information content (AvgIpc) is 2.84. The maximum Gasteiger partial charge on any atom is 0.251 e. The van der Waals surface area contributed by atoms with Crippen LogP contribution in [-0.4, -0.2) is 25.5 Å². The van der Waals surface area contributed by atoms with Crippen molar-refractivity contribution in [2.75, 3.05) is 0 Å². The Kier molecular flexibility index (Phi) is 2.32. The van der Waals surface area contributed by atoms with Crippen LogP contribution in [0.15, 0.2) is 17.0 Å². The zero-order valence-corrected chi connectivity index (χ0v) is 8.47. The Balaban J connectivity index is 2.36. The number of carbonyl (C=O) groups is 1. The SMILES string of the molecule is CCn1ncnc1C(=O)c1coc(C)n1. The summed E-state index contributed by atoms with van der Waals surface area (Å²) in [6.07, 6.45) is 2.68. The molecule has 6 nitrogen and oxygen atoms in total. The van der Waals surface area contributed by atoms with E-state index in [9.17, 15) is 4.79 Å². The molecule has 0 N–H and O–H groups in total. The summed E-state index contributed by atoms with van der Waals surface area (Å²) in [5.41, 5.74) is 0.259. The lowest BCUT2D eigenvalue weighted by atomic mass is 10.3. The molecule has 0 fully saturated rings. The molecule has 15 heavy (non-hydrogen) atoms. The normalized spacial score (nSPS) is 10.5. The van der Waals surface area contributed by atoms with E-state index >= 15 is 0 Å². The van der Waals surface area contributed by atoms with Gasteiger partial charge < -0.3 is 4.42 Å². The van der Waals surface area contributed by atoms with E-state index in [1.165, 1.54) is 17.3 Å². The van der Waals surface area contributed by atoms with Crippen molar-refractivity contribution in [2.45, 2.75) is 20.4 Å². The highest BCUT2D eigenvalue weighted by molar-refractivity contribution is 6.04. The third-order valence-corrected chi connectivity index (χ3v) is 1.97.